The molecule has 0 aliphatic carbocycles. The Labute approximate surface area is 158 Å². The summed E-state index contributed by atoms with van der Waals surface area (Å²) in [6.45, 7) is 6.42. The van der Waals surface area contributed by atoms with Crippen LogP contribution in [0.3, 0.4) is 0 Å². The van der Waals surface area contributed by atoms with E-state index in [0.717, 1.165) is 43.7 Å². The van der Waals surface area contributed by atoms with Crippen molar-refractivity contribution in [3.63, 3.8) is 0 Å². The second kappa shape index (κ2) is 7.88. The summed E-state index contributed by atoms with van der Waals surface area (Å²) in [6, 6.07) is 11.4. The molecule has 1 aliphatic heterocycles. The van der Waals surface area contributed by atoms with Crippen LogP contribution in [0.4, 0.5) is 0 Å². The van der Waals surface area contributed by atoms with Crippen molar-refractivity contribution in [1.29, 1.82) is 0 Å². The van der Waals surface area contributed by atoms with Crippen molar-refractivity contribution in [2.24, 2.45) is 0 Å². The van der Waals surface area contributed by atoms with Crippen LogP contribution in [0.15, 0.2) is 51.5 Å². The van der Waals surface area contributed by atoms with E-state index in [1.807, 2.05) is 48.2 Å². The number of carbonyl (C=O) groups excluding carboxylic acids is 1. The van der Waals surface area contributed by atoms with Crippen LogP contribution in [-0.2, 0) is 6.54 Å². The van der Waals surface area contributed by atoms with Gasteiger partial charge in [0.25, 0.3) is 5.91 Å². The molecule has 27 heavy (non-hydrogen) atoms. The molecule has 142 valence electrons. The Bertz CT molecular complexity index is 900. The molecule has 0 saturated carbocycles. The number of hydrogen-bond donors (Lipinski definition) is 0. The highest BCUT2D eigenvalue weighted by molar-refractivity contribution is 5.97. The van der Waals surface area contributed by atoms with E-state index in [9.17, 15) is 4.79 Å². The van der Waals surface area contributed by atoms with Crippen LogP contribution in [0, 0.1) is 0 Å². The van der Waals surface area contributed by atoms with Crippen molar-refractivity contribution in [3.8, 4) is 5.75 Å². The second-order valence-electron chi connectivity index (χ2n) is 6.72. The second-order valence-corrected chi connectivity index (χ2v) is 6.72. The summed E-state index contributed by atoms with van der Waals surface area (Å²) in [5.74, 6) is 1.94. The van der Waals surface area contributed by atoms with Crippen LogP contribution in [0.2, 0.25) is 0 Å². The number of rotatable bonds is 5. The minimum Gasteiger partial charge on any atom is -0.490 e. The summed E-state index contributed by atoms with van der Waals surface area (Å²) < 4.78 is 16.9. The molecule has 1 saturated heterocycles. The third kappa shape index (κ3) is 3.85. The zero-order valence-corrected chi connectivity index (χ0v) is 15.5. The normalized spacial score (nSPS) is 15.8. The van der Waals surface area contributed by atoms with Gasteiger partial charge in [0.05, 0.1) is 19.4 Å². The third-order valence-corrected chi connectivity index (χ3v) is 4.85. The molecule has 3 aromatic rings. The quantitative estimate of drug-likeness (QED) is 0.686. The van der Waals surface area contributed by atoms with Crippen molar-refractivity contribution in [2.45, 2.75) is 19.9 Å². The minimum absolute atomic E-state index is 0.0616. The van der Waals surface area contributed by atoms with E-state index in [0.29, 0.717) is 30.2 Å². The van der Waals surface area contributed by atoms with Gasteiger partial charge in [-0.3, -0.25) is 9.69 Å². The molecule has 4 rings (SSSR count). The number of fused-ring (bicyclic) bond motifs is 1. The molecule has 0 atom stereocenters. The maximum Gasteiger partial charge on any atom is 0.289 e. The molecule has 0 bridgehead atoms. The van der Waals surface area contributed by atoms with E-state index < -0.39 is 0 Å². The number of amides is 1. The lowest BCUT2D eigenvalue weighted by atomic mass is 10.2. The topological polar surface area (TPSA) is 59.1 Å². The summed E-state index contributed by atoms with van der Waals surface area (Å²) in [6.07, 6.45) is 2.62. The standard InChI is InChI=1S/C21H24N2O4/c1-2-25-18-8-3-6-16-14-19(27-20(16)18)21(24)23-10-5-9-22(11-12-23)15-17-7-4-13-26-17/h3-4,6-8,13-14H,2,5,9-12,15H2,1H3. The van der Waals surface area contributed by atoms with Crippen molar-refractivity contribution in [1.82, 2.24) is 9.80 Å². The average molecular weight is 368 g/mol. The molecule has 0 N–H and O–H groups in total. The Hall–Kier alpha value is -2.73. The molecule has 1 aromatic carbocycles. The molecule has 0 radical (unpaired) electrons. The van der Waals surface area contributed by atoms with Crippen LogP contribution in [0.25, 0.3) is 11.0 Å². The van der Waals surface area contributed by atoms with Gasteiger partial charge in [-0.1, -0.05) is 12.1 Å². The highest BCUT2D eigenvalue weighted by Gasteiger charge is 2.24. The van der Waals surface area contributed by atoms with Gasteiger partial charge >= 0.3 is 0 Å². The summed E-state index contributed by atoms with van der Waals surface area (Å²) in [5, 5.41) is 0.888. The third-order valence-electron chi connectivity index (χ3n) is 4.85. The lowest BCUT2D eigenvalue weighted by molar-refractivity contribution is 0.0731. The fourth-order valence-electron chi connectivity index (χ4n) is 3.52. The van der Waals surface area contributed by atoms with Crippen LogP contribution in [-0.4, -0.2) is 48.5 Å². The van der Waals surface area contributed by atoms with Crippen molar-refractivity contribution in [3.05, 3.63) is 54.2 Å². The monoisotopic (exact) mass is 368 g/mol. The summed E-state index contributed by atoms with van der Waals surface area (Å²) >= 11 is 0. The average Bonchev–Trinajstić information content (AvgIpc) is 3.28. The first kappa shape index (κ1) is 17.7. The number of carbonyl (C=O) groups is 1. The number of nitrogens with zero attached hydrogens (tertiary/aromatic N) is 2. The number of ether oxygens (including phenoxy) is 1. The SMILES string of the molecule is CCOc1cccc2cc(C(=O)N3CCCN(Cc4ccco4)CC3)oc12. The van der Waals surface area contributed by atoms with E-state index in [-0.39, 0.29) is 5.91 Å². The van der Waals surface area contributed by atoms with E-state index in [1.54, 1.807) is 6.26 Å². The lowest BCUT2D eigenvalue weighted by Gasteiger charge is -2.20. The van der Waals surface area contributed by atoms with Gasteiger partial charge in [-0.25, -0.2) is 0 Å². The molecular weight excluding hydrogens is 344 g/mol. The van der Waals surface area contributed by atoms with Crippen molar-refractivity contribution in [2.75, 3.05) is 32.8 Å². The largest absolute Gasteiger partial charge is 0.490 e. The molecule has 2 aromatic heterocycles. The Morgan fingerprint density at radius 3 is 2.89 bits per heavy atom. The molecule has 1 fully saturated rings. The molecule has 1 amide bonds. The fourth-order valence-corrected chi connectivity index (χ4v) is 3.52. The molecule has 6 heteroatoms. The lowest BCUT2D eigenvalue weighted by Crippen LogP contribution is -2.34. The van der Waals surface area contributed by atoms with Gasteiger partial charge in [-0.15, -0.1) is 0 Å². The van der Waals surface area contributed by atoms with Crippen LogP contribution < -0.4 is 4.74 Å². The molecular formula is C21H24N2O4. The van der Waals surface area contributed by atoms with Gasteiger partial charge in [0.15, 0.2) is 17.1 Å². The predicted octanol–water partition coefficient (Wildman–Crippen LogP) is 3.77. The van der Waals surface area contributed by atoms with Gasteiger partial charge in [0, 0.05) is 31.6 Å². The highest BCUT2D eigenvalue weighted by atomic mass is 16.5. The van der Waals surface area contributed by atoms with E-state index in [2.05, 4.69) is 4.90 Å². The number of hydrogen-bond acceptors (Lipinski definition) is 5. The van der Waals surface area contributed by atoms with E-state index >= 15 is 0 Å². The van der Waals surface area contributed by atoms with Crippen LogP contribution in [0.1, 0.15) is 29.7 Å². The number of para-hydroxylation sites is 1. The Morgan fingerprint density at radius 1 is 1.15 bits per heavy atom. The minimum atomic E-state index is -0.0616. The Balaban J connectivity index is 1.46. The molecule has 1 aliphatic rings. The Kier molecular flexibility index (Phi) is 5.16. The summed E-state index contributed by atoms with van der Waals surface area (Å²) in [5.41, 5.74) is 0.636. The maximum absolute atomic E-state index is 13.0. The number of benzene rings is 1. The van der Waals surface area contributed by atoms with Crippen LogP contribution in [0.5, 0.6) is 5.75 Å². The Morgan fingerprint density at radius 2 is 2.07 bits per heavy atom. The summed E-state index contributed by atoms with van der Waals surface area (Å²) in [7, 11) is 0. The van der Waals surface area contributed by atoms with Gasteiger partial charge in [-0.05, 0) is 37.6 Å². The first-order chi connectivity index (χ1) is 13.2. The van der Waals surface area contributed by atoms with Crippen molar-refractivity contribution < 1.29 is 18.4 Å². The highest BCUT2D eigenvalue weighted by Crippen LogP contribution is 2.29. The van der Waals surface area contributed by atoms with Gasteiger partial charge in [0.2, 0.25) is 0 Å². The molecule has 0 spiro atoms. The van der Waals surface area contributed by atoms with Crippen LogP contribution >= 0.6 is 0 Å². The maximum atomic E-state index is 13.0. The number of furan rings is 2. The molecule has 0 unspecified atom stereocenters. The van der Waals surface area contributed by atoms with Gasteiger partial charge < -0.3 is 18.5 Å². The molecule has 6 nitrogen and oxygen atoms in total. The van der Waals surface area contributed by atoms with E-state index in [1.165, 1.54) is 0 Å². The summed E-state index contributed by atoms with van der Waals surface area (Å²) in [4.78, 5) is 17.2. The fraction of sp³-hybridized carbons (Fsp3) is 0.381. The predicted molar refractivity (Wildman–Crippen MR) is 102 cm³/mol. The zero-order valence-electron chi connectivity index (χ0n) is 15.5. The van der Waals surface area contributed by atoms with Gasteiger partial charge in [0.1, 0.15) is 5.76 Å². The first-order valence-corrected chi connectivity index (χ1v) is 9.44. The first-order valence-electron chi connectivity index (χ1n) is 9.44. The molecule has 3 heterocycles. The van der Waals surface area contributed by atoms with Crippen molar-refractivity contribution >= 4 is 16.9 Å². The smallest absolute Gasteiger partial charge is 0.289 e. The van der Waals surface area contributed by atoms with E-state index in [4.69, 9.17) is 13.6 Å². The zero-order chi connectivity index (χ0) is 18.6. The van der Waals surface area contributed by atoms with Gasteiger partial charge in [-0.2, -0.15) is 0 Å².